The molecule has 3 heterocycles. The third-order valence-electron chi connectivity index (χ3n) is 4.54. The minimum absolute atomic E-state index is 0.182. The van der Waals surface area contributed by atoms with Gasteiger partial charge >= 0.3 is 0 Å². The molecule has 8 heteroatoms. The van der Waals surface area contributed by atoms with E-state index in [4.69, 9.17) is 9.15 Å². The van der Waals surface area contributed by atoms with Crippen LogP contribution in [-0.2, 0) is 0 Å². The van der Waals surface area contributed by atoms with Gasteiger partial charge in [-0.05, 0) is 24.3 Å². The molecule has 1 N–H and O–H groups in total. The van der Waals surface area contributed by atoms with Crippen molar-refractivity contribution in [3.8, 4) is 22.9 Å². The lowest BCUT2D eigenvalue weighted by molar-refractivity contribution is 0.101. The molecule has 7 nitrogen and oxygen atoms in total. The zero-order chi connectivity index (χ0) is 20.5. The van der Waals surface area contributed by atoms with Gasteiger partial charge in [-0.25, -0.2) is 9.67 Å². The molecule has 0 fully saturated rings. The van der Waals surface area contributed by atoms with E-state index in [1.807, 2.05) is 66.0 Å². The number of aromatic nitrogens is 3. The average Bonchev–Trinajstić information content (AvgIpc) is 3.51. The van der Waals surface area contributed by atoms with Gasteiger partial charge in [-0.15, -0.1) is 11.3 Å². The lowest BCUT2D eigenvalue weighted by atomic mass is 10.2. The first-order valence-electron chi connectivity index (χ1n) is 9.16. The van der Waals surface area contributed by atoms with Gasteiger partial charge in [-0.1, -0.05) is 36.4 Å². The first-order valence-corrected chi connectivity index (χ1v) is 10.0. The number of rotatable bonds is 5. The summed E-state index contributed by atoms with van der Waals surface area (Å²) in [6, 6.07) is 19.2. The molecule has 0 atom stereocenters. The highest BCUT2D eigenvalue weighted by atomic mass is 32.1. The molecular formula is C22H16N4O3S. The van der Waals surface area contributed by atoms with Crippen molar-refractivity contribution in [1.29, 1.82) is 0 Å². The number of hydrogen-bond acceptors (Lipinski definition) is 6. The molecule has 5 rings (SSSR count). The maximum atomic E-state index is 12.8. The fraction of sp³-hybridized carbons (Fsp3) is 0.0455. The van der Waals surface area contributed by atoms with E-state index in [9.17, 15) is 4.79 Å². The number of ether oxygens (including phenoxy) is 1. The van der Waals surface area contributed by atoms with Crippen LogP contribution in [0, 0.1) is 0 Å². The zero-order valence-electron chi connectivity index (χ0n) is 15.9. The number of carbonyl (C=O) groups excluding carboxylic acids is 1. The molecule has 0 spiro atoms. The van der Waals surface area contributed by atoms with Gasteiger partial charge in [-0.3, -0.25) is 10.1 Å². The number of anilines is 1. The van der Waals surface area contributed by atoms with Crippen LogP contribution in [0.2, 0.25) is 0 Å². The minimum atomic E-state index is -0.396. The summed E-state index contributed by atoms with van der Waals surface area (Å²) in [5, 5.41) is 10.5. The van der Waals surface area contributed by atoms with Crippen molar-refractivity contribution in [3.63, 3.8) is 0 Å². The number of hydrogen-bond donors (Lipinski definition) is 1. The first-order chi connectivity index (χ1) is 14.7. The van der Waals surface area contributed by atoms with Crippen molar-refractivity contribution < 1.29 is 13.9 Å². The standard InChI is InChI=1S/C22H16N4O3S/c1-28-19-12-26(15-8-3-2-4-9-15)25-20(19)21(27)24-22-23-16(13-30-22)18-11-14-7-5-6-10-17(14)29-18/h2-13H,1H3,(H,23,24,27). The second-order valence-electron chi connectivity index (χ2n) is 6.47. The third kappa shape index (κ3) is 3.33. The highest BCUT2D eigenvalue weighted by Gasteiger charge is 2.20. The fourth-order valence-corrected chi connectivity index (χ4v) is 3.78. The molecule has 0 aliphatic carbocycles. The van der Waals surface area contributed by atoms with Crippen molar-refractivity contribution in [2.45, 2.75) is 0 Å². The van der Waals surface area contributed by atoms with Gasteiger partial charge in [0.05, 0.1) is 19.0 Å². The number of nitrogens with zero attached hydrogens (tertiary/aromatic N) is 3. The lowest BCUT2D eigenvalue weighted by Gasteiger charge is -2.01. The number of fused-ring (bicyclic) bond motifs is 1. The Balaban J connectivity index is 1.39. The molecule has 0 aliphatic heterocycles. The largest absolute Gasteiger partial charge is 0.493 e. The second kappa shape index (κ2) is 7.49. The van der Waals surface area contributed by atoms with Gasteiger partial charge in [0, 0.05) is 10.8 Å². The average molecular weight is 416 g/mol. The molecule has 30 heavy (non-hydrogen) atoms. The summed E-state index contributed by atoms with van der Waals surface area (Å²) in [6.07, 6.45) is 1.67. The monoisotopic (exact) mass is 416 g/mol. The van der Waals surface area contributed by atoms with Gasteiger partial charge in [0.25, 0.3) is 5.91 Å². The minimum Gasteiger partial charge on any atom is -0.493 e. The van der Waals surface area contributed by atoms with Crippen LogP contribution in [0.1, 0.15) is 10.5 Å². The van der Waals surface area contributed by atoms with Gasteiger partial charge in [0.15, 0.2) is 22.3 Å². The van der Waals surface area contributed by atoms with E-state index in [0.29, 0.717) is 22.3 Å². The Kier molecular flexibility index (Phi) is 4.53. The highest BCUT2D eigenvalue weighted by molar-refractivity contribution is 7.14. The van der Waals surface area contributed by atoms with Crippen LogP contribution < -0.4 is 10.1 Å². The van der Waals surface area contributed by atoms with Crippen LogP contribution in [-0.4, -0.2) is 27.8 Å². The highest BCUT2D eigenvalue weighted by Crippen LogP contribution is 2.30. The lowest BCUT2D eigenvalue weighted by Crippen LogP contribution is -2.14. The number of carbonyl (C=O) groups is 1. The summed E-state index contributed by atoms with van der Waals surface area (Å²) >= 11 is 1.32. The van der Waals surface area contributed by atoms with E-state index in [1.165, 1.54) is 18.4 Å². The molecule has 0 bridgehead atoms. The number of furan rings is 1. The van der Waals surface area contributed by atoms with Crippen LogP contribution in [0.15, 0.2) is 76.7 Å². The molecule has 0 aliphatic rings. The van der Waals surface area contributed by atoms with Crippen molar-refractivity contribution >= 4 is 33.3 Å². The van der Waals surface area contributed by atoms with Crippen LogP contribution in [0.25, 0.3) is 28.1 Å². The molecular weight excluding hydrogens is 400 g/mol. The Hall–Kier alpha value is -3.91. The summed E-state index contributed by atoms with van der Waals surface area (Å²) in [4.78, 5) is 17.3. The van der Waals surface area contributed by atoms with E-state index in [2.05, 4.69) is 15.4 Å². The van der Waals surface area contributed by atoms with Crippen LogP contribution in [0.4, 0.5) is 5.13 Å². The van der Waals surface area contributed by atoms with Gasteiger partial charge in [0.1, 0.15) is 11.3 Å². The Bertz CT molecular complexity index is 1300. The van der Waals surface area contributed by atoms with Crippen molar-refractivity contribution in [2.75, 3.05) is 12.4 Å². The fourth-order valence-electron chi connectivity index (χ4n) is 3.09. The topological polar surface area (TPSA) is 82.2 Å². The van der Waals surface area contributed by atoms with Gasteiger partial charge < -0.3 is 9.15 Å². The predicted molar refractivity (Wildman–Crippen MR) is 115 cm³/mol. The van der Waals surface area contributed by atoms with E-state index >= 15 is 0 Å². The predicted octanol–water partition coefficient (Wildman–Crippen LogP) is 5.00. The van der Waals surface area contributed by atoms with E-state index in [-0.39, 0.29) is 5.69 Å². The molecule has 0 radical (unpaired) electrons. The number of methoxy groups -OCH3 is 1. The normalized spacial score (nSPS) is 11.0. The summed E-state index contributed by atoms with van der Waals surface area (Å²) in [7, 11) is 1.51. The summed E-state index contributed by atoms with van der Waals surface area (Å²) < 4.78 is 12.8. The molecule has 0 unspecified atom stereocenters. The number of nitrogens with one attached hydrogen (secondary N) is 1. The first kappa shape index (κ1) is 18.1. The molecule has 3 aromatic heterocycles. The molecule has 1 amide bonds. The summed E-state index contributed by atoms with van der Waals surface area (Å²) in [5.74, 6) is 0.635. The number of amides is 1. The maximum absolute atomic E-state index is 12.8. The quantitative estimate of drug-likeness (QED) is 0.436. The van der Waals surface area contributed by atoms with E-state index < -0.39 is 5.91 Å². The van der Waals surface area contributed by atoms with Crippen molar-refractivity contribution in [2.24, 2.45) is 0 Å². The Morgan fingerprint density at radius 1 is 1.13 bits per heavy atom. The summed E-state index contributed by atoms with van der Waals surface area (Å²) in [6.45, 7) is 0. The van der Waals surface area contributed by atoms with Crippen LogP contribution >= 0.6 is 11.3 Å². The molecule has 2 aromatic carbocycles. The SMILES string of the molecule is COc1cn(-c2ccccc2)nc1C(=O)Nc1nc(-c2cc3ccccc3o2)cs1. The zero-order valence-corrected chi connectivity index (χ0v) is 16.7. The van der Waals surface area contributed by atoms with Gasteiger partial charge in [-0.2, -0.15) is 5.10 Å². The Morgan fingerprint density at radius 2 is 1.93 bits per heavy atom. The molecule has 5 aromatic rings. The Labute approximate surface area is 175 Å². The molecule has 148 valence electrons. The number of benzene rings is 2. The van der Waals surface area contributed by atoms with Crippen LogP contribution in [0.5, 0.6) is 5.75 Å². The summed E-state index contributed by atoms with van der Waals surface area (Å²) in [5.41, 5.74) is 2.47. The van der Waals surface area contributed by atoms with Crippen molar-refractivity contribution in [1.82, 2.24) is 14.8 Å². The smallest absolute Gasteiger partial charge is 0.281 e. The second-order valence-corrected chi connectivity index (χ2v) is 7.32. The Morgan fingerprint density at radius 3 is 2.73 bits per heavy atom. The molecule has 0 saturated carbocycles. The van der Waals surface area contributed by atoms with E-state index in [1.54, 1.807) is 10.9 Å². The van der Waals surface area contributed by atoms with Crippen molar-refractivity contribution in [3.05, 3.63) is 77.9 Å². The van der Waals surface area contributed by atoms with Gasteiger partial charge in [0.2, 0.25) is 0 Å². The van der Waals surface area contributed by atoms with Crippen LogP contribution in [0.3, 0.4) is 0 Å². The number of para-hydroxylation sites is 2. The maximum Gasteiger partial charge on any atom is 0.281 e. The van der Waals surface area contributed by atoms with E-state index in [0.717, 1.165) is 16.7 Å². The number of thiazole rings is 1. The molecule has 0 saturated heterocycles. The third-order valence-corrected chi connectivity index (χ3v) is 5.30.